The Hall–Kier alpha value is -3.10. The predicted molar refractivity (Wildman–Crippen MR) is 126 cm³/mol. The summed E-state index contributed by atoms with van der Waals surface area (Å²) in [6, 6.07) is 7.75. The van der Waals surface area contributed by atoms with Crippen LogP contribution < -0.4 is 14.2 Å². The quantitative estimate of drug-likeness (QED) is 0.310. The van der Waals surface area contributed by atoms with Crippen LogP contribution in [0, 0.1) is 0 Å². The third-order valence-electron chi connectivity index (χ3n) is 5.94. The second-order valence-electron chi connectivity index (χ2n) is 8.10. The van der Waals surface area contributed by atoms with Crippen molar-refractivity contribution in [2.45, 2.75) is 32.2 Å². The molecule has 1 saturated heterocycles. The van der Waals surface area contributed by atoms with Crippen LogP contribution in [0.15, 0.2) is 30.3 Å². The average Bonchev–Trinajstić information content (AvgIpc) is 3.16. The first-order chi connectivity index (χ1) is 16.2. The standard InChI is InChI=1S/C25H28ClNO7/c1-14(28)22-20(31-4)12-21(32-5)23(18-9-10-27(3)19(18)13-33-15(2)29)24(22)34-25(30)16-7-6-8-17(26)11-16/h6-8,11-12,18-19H,9-10,13H2,1-5H3/t18-,19+/m0/s1. The molecule has 2 aromatic carbocycles. The summed E-state index contributed by atoms with van der Waals surface area (Å²) < 4.78 is 22.3. The summed E-state index contributed by atoms with van der Waals surface area (Å²) in [5.41, 5.74) is 0.912. The first-order valence-electron chi connectivity index (χ1n) is 10.8. The number of carbonyl (C=O) groups excluding carboxylic acids is 3. The van der Waals surface area contributed by atoms with Gasteiger partial charge in [-0.05, 0) is 45.1 Å². The van der Waals surface area contributed by atoms with E-state index in [-0.39, 0.29) is 47.0 Å². The van der Waals surface area contributed by atoms with Crippen LogP contribution >= 0.6 is 11.6 Å². The van der Waals surface area contributed by atoms with E-state index < -0.39 is 11.9 Å². The summed E-state index contributed by atoms with van der Waals surface area (Å²) in [6.45, 7) is 3.58. The Morgan fingerprint density at radius 3 is 2.38 bits per heavy atom. The van der Waals surface area contributed by atoms with Crippen molar-refractivity contribution in [3.63, 3.8) is 0 Å². The van der Waals surface area contributed by atoms with Gasteiger partial charge in [0.15, 0.2) is 11.5 Å². The highest BCUT2D eigenvalue weighted by molar-refractivity contribution is 6.30. The molecule has 1 aliphatic heterocycles. The molecular weight excluding hydrogens is 462 g/mol. The Balaban J connectivity index is 2.19. The number of nitrogens with zero attached hydrogens (tertiary/aromatic N) is 1. The van der Waals surface area contributed by atoms with Crippen molar-refractivity contribution in [2.24, 2.45) is 0 Å². The van der Waals surface area contributed by atoms with Crippen LogP contribution in [0.5, 0.6) is 17.2 Å². The summed E-state index contributed by atoms with van der Waals surface area (Å²) in [6.07, 6.45) is 0.671. The first kappa shape index (κ1) is 25.5. The summed E-state index contributed by atoms with van der Waals surface area (Å²) in [5, 5.41) is 0.378. The molecule has 0 aliphatic carbocycles. The lowest BCUT2D eigenvalue weighted by molar-refractivity contribution is -0.142. The molecule has 0 unspecified atom stereocenters. The van der Waals surface area contributed by atoms with E-state index in [1.165, 1.54) is 34.1 Å². The number of benzene rings is 2. The molecule has 34 heavy (non-hydrogen) atoms. The molecule has 0 aromatic heterocycles. The number of hydrogen-bond donors (Lipinski definition) is 0. The lowest BCUT2D eigenvalue weighted by atomic mass is 9.87. The molecule has 0 spiro atoms. The monoisotopic (exact) mass is 489 g/mol. The number of halogens is 1. The smallest absolute Gasteiger partial charge is 0.343 e. The van der Waals surface area contributed by atoms with Crippen LogP contribution in [0.4, 0.5) is 0 Å². The summed E-state index contributed by atoms with van der Waals surface area (Å²) >= 11 is 6.05. The van der Waals surface area contributed by atoms with Gasteiger partial charge in [-0.1, -0.05) is 17.7 Å². The average molecular weight is 490 g/mol. The topological polar surface area (TPSA) is 91.4 Å². The zero-order valence-electron chi connectivity index (χ0n) is 19.8. The van der Waals surface area contributed by atoms with Crippen LogP contribution in [-0.4, -0.2) is 63.1 Å². The van der Waals surface area contributed by atoms with E-state index in [2.05, 4.69) is 4.90 Å². The molecule has 9 heteroatoms. The fourth-order valence-corrected chi connectivity index (χ4v) is 4.50. The van der Waals surface area contributed by atoms with Gasteiger partial charge in [-0.3, -0.25) is 14.5 Å². The lowest BCUT2D eigenvalue weighted by Crippen LogP contribution is -2.34. The van der Waals surface area contributed by atoms with Gasteiger partial charge in [0.05, 0.1) is 25.8 Å². The highest BCUT2D eigenvalue weighted by Gasteiger charge is 2.40. The number of Topliss-reactive ketones (excluding diaryl/α,β-unsaturated/α-hetero) is 1. The van der Waals surface area contributed by atoms with Crippen molar-refractivity contribution in [3.8, 4) is 17.2 Å². The highest BCUT2D eigenvalue weighted by atomic mass is 35.5. The highest BCUT2D eigenvalue weighted by Crippen LogP contribution is 2.48. The summed E-state index contributed by atoms with van der Waals surface area (Å²) in [7, 11) is 4.85. The van der Waals surface area contributed by atoms with Gasteiger partial charge >= 0.3 is 11.9 Å². The van der Waals surface area contributed by atoms with Gasteiger partial charge in [-0.15, -0.1) is 0 Å². The molecular formula is C25H28ClNO7. The molecule has 1 aliphatic rings. The Bertz CT molecular complexity index is 1100. The number of ketones is 1. The maximum absolute atomic E-state index is 13.1. The fourth-order valence-electron chi connectivity index (χ4n) is 4.31. The maximum Gasteiger partial charge on any atom is 0.343 e. The van der Waals surface area contributed by atoms with E-state index in [4.69, 9.17) is 30.5 Å². The van der Waals surface area contributed by atoms with Crippen molar-refractivity contribution in [1.82, 2.24) is 4.90 Å². The minimum absolute atomic E-state index is 0.0711. The molecule has 0 bridgehead atoms. The number of carbonyl (C=O) groups is 3. The van der Waals surface area contributed by atoms with Gasteiger partial charge in [0.1, 0.15) is 23.7 Å². The molecule has 0 amide bonds. The molecule has 0 N–H and O–H groups in total. The second-order valence-corrected chi connectivity index (χ2v) is 8.54. The van der Waals surface area contributed by atoms with E-state index in [0.717, 1.165) is 0 Å². The normalized spacial score (nSPS) is 17.8. The van der Waals surface area contributed by atoms with Gasteiger partial charge < -0.3 is 18.9 Å². The first-order valence-corrected chi connectivity index (χ1v) is 11.2. The number of hydrogen-bond acceptors (Lipinski definition) is 8. The minimum Gasteiger partial charge on any atom is -0.496 e. The zero-order valence-corrected chi connectivity index (χ0v) is 20.6. The zero-order chi connectivity index (χ0) is 25.0. The molecule has 182 valence electrons. The lowest BCUT2D eigenvalue weighted by Gasteiger charge is -2.28. The molecule has 3 rings (SSSR count). The molecule has 8 nitrogen and oxygen atoms in total. The Labute approximate surface area is 203 Å². The van der Waals surface area contributed by atoms with Crippen LogP contribution in [0.25, 0.3) is 0 Å². The van der Waals surface area contributed by atoms with E-state index in [1.54, 1.807) is 24.3 Å². The SMILES string of the molecule is COc1cc(OC)c([C@H]2CCN(C)[C@@H]2COC(C)=O)c(OC(=O)c2cccc(Cl)c2)c1C(C)=O. The van der Waals surface area contributed by atoms with E-state index in [0.29, 0.717) is 29.3 Å². The van der Waals surface area contributed by atoms with Crippen LogP contribution in [0.3, 0.4) is 0 Å². The number of methoxy groups -OCH3 is 2. The number of esters is 2. The molecule has 2 aromatic rings. The number of likely N-dealkylation sites (tertiary alicyclic amines) is 1. The second kappa shape index (κ2) is 10.9. The van der Waals surface area contributed by atoms with Crippen molar-refractivity contribution in [3.05, 3.63) is 52.0 Å². The maximum atomic E-state index is 13.1. The number of ether oxygens (including phenoxy) is 4. The van der Waals surface area contributed by atoms with Gasteiger partial charge in [0.25, 0.3) is 0 Å². The van der Waals surface area contributed by atoms with Gasteiger partial charge in [-0.2, -0.15) is 0 Å². The third kappa shape index (κ3) is 5.34. The molecule has 2 atom stereocenters. The van der Waals surface area contributed by atoms with Crippen LogP contribution in [-0.2, 0) is 9.53 Å². The fraction of sp³-hybridized carbons (Fsp3) is 0.400. The van der Waals surface area contributed by atoms with Crippen molar-refractivity contribution >= 4 is 29.3 Å². The summed E-state index contributed by atoms with van der Waals surface area (Å²) in [4.78, 5) is 39.4. The van der Waals surface area contributed by atoms with Crippen molar-refractivity contribution in [1.29, 1.82) is 0 Å². The number of rotatable bonds is 8. The Morgan fingerprint density at radius 2 is 1.79 bits per heavy atom. The van der Waals surface area contributed by atoms with Gasteiger partial charge in [0.2, 0.25) is 0 Å². The Kier molecular flexibility index (Phi) is 8.17. The predicted octanol–water partition coefficient (Wildman–Crippen LogP) is 4.13. The minimum atomic E-state index is -0.676. The molecule has 0 radical (unpaired) electrons. The molecule has 1 heterocycles. The van der Waals surface area contributed by atoms with E-state index >= 15 is 0 Å². The van der Waals surface area contributed by atoms with Gasteiger partial charge in [0, 0.05) is 29.5 Å². The molecule has 1 fully saturated rings. The van der Waals surface area contributed by atoms with E-state index in [9.17, 15) is 14.4 Å². The van der Waals surface area contributed by atoms with Crippen molar-refractivity contribution < 1.29 is 33.3 Å². The summed E-state index contributed by atoms with van der Waals surface area (Å²) in [5.74, 6) is -0.944. The Morgan fingerprint density at radius 1 is 1.09 bits per heavy atom. The van der Waals surface area contributed by atoms with Crippen LogP contribution in [0.1, 0.15) is 52.5 Å². The van der Waals surface area contributed by atoms with Gasteiger partial charge in [-0.25, -0.2) is 4.79 Å². The van der Waals surface area contributed by atoms with Crippen LogP contribution in [0.2, 0.25) is 5.02 Å². The van der Waals surface area contributed by atoms with E-state index in [1.807, 2.05) is 7.05 Å². The largest absolute Gasteiger partial charge is 0.496 e. The molecule has 0 saturated carbocycles. The number of likely N-dealkylation sites (N-methyl/N-ethyl adjacent to an activating group) is 1. The third-order valence-corrected chi connectivity index (χ3v) is 6.18. The van der Waals surface area contributed by atoms with Crippen molar-refractivity contribution in [2.75, 3.05) is 34.4 Å².